The van der Waals surface area contributed by atoms with Gasteiger partial charge >= 0.3 is 0 Å². The van der Waals surface area contributed by atoms with Crippen LogP contribution in [-0.4, -0.2) is 10.9 Å². The number of ether oxygens (including phenoxy) is 1. The summed E-state index contributed by atoms with van der Waals surface area (Å²) in [5, 5.41) is 2.80. The molecule has 1 amide bonds. The van der Waals surface area contributed by atoms with Gasteiger partial charge in [-0.05, 0) is 43.2 Å². The second-order valence-corrected chi connectivity index (χ2v) is 6.45. The Bertz CT molecular complexity index is 1050. The molecule has 4 rings (SSSR count). The number of carbonyl (C=O) groups excluding carboxylic acids is 1. The highest BCUT2D eigenvalue weighted by Gasteiger charge is 2.22. The fourth-order valence-corrected chi connectivity index (χ4v) is 2.94. The van der Waals surface area contributed by atoms with E-state index >= 15 is 0 Å². The predicted octanol–water partition coefficient (Wildman–Crippen LogP) is 4.19. The van der Waals surface area contributed by atoms with Crippen LogP contribution in [0.15, 0.2) is 54.7 Å². The van der Waals surface area contributed by atoms with Gasteiger partial charge in [0.05, 0.1) is 2.74 Å². The molecule has 0 unspecified atom stereocenters. The lowest BCUT2D eigenvalue weighted by Crippen LogP contribution is -2.12. The van der Waals surface area contributed by atoms with Crippen molar-refractivity contribution in [3.05, 3.63) is 82.7 Å². The van der Waals surface area contributed by atoms with Crippen LogP contribution in [-0.2, 0) is 13.1 Å². The number of nitrogens with zero attached hydrogens (tertiary/aromatic N) is 1. The van der Waals surface area contributed by atoms with E-state index in [1.54, 1.807) is 24.3 Å². The molecule has 0 saturated heterocycles. The lowest BCUT2D eigenvalue weighted by molar-refractivity contribution is 0.0966. The number of hydrogen-bond donors (Lipinski definition) is 1. The number of carbonyl (C=O) groups is 1. The zero-order valence-electron chi connectivity index (χ0n) is 16.7. The first-order chi connectivity index (χ1) is 13.3. The van der Waals surface area contributed by atoms with Gasteiger partial charge < -0.3 is 10.1 Å². The molecule has 0 fully saturated rings. The van der Waals surface area contributed by atoms with E-state index in [2.05, 4.69) is 10.3 Å². The Labute approximate surface area is 155 Å². The van der Waals surface area contributed by atoms with Crippen LogP contribution in [0.25, 0.3) is 11.1 Å². The highest BCUT2D eigenvalue weighted by molar-refractivity contribution is 6.00. The molecule has 0 radical (unpaired) electrons. The van der Waals surface area contributed by atoms with E-state index in [0.29, 0.717) is 29.0 Å². The highest BCUT2D eigenvalue weighted by atomic mass is 16.5. The van der Waals surface area contributed by atoms with E-state index in [9.17, 15) is 4.79 Å². The molecule has 130 valence electrons. The Morgan fingerprint density at radius 2 is 1.92 bits per heavy atom. The van der Waals surface area contributed by atoms with Crippen molar-refractivity contribution in [2.75, 3.05) is 0 Å². The summed E-state index contributed by atoms with van der Waals surface area (Å²) >= 11 is 0. The molecule has 4 heteroatoms. The third kappa shape index (κ3) is 3.18. The maximum Gasteiger partial charge on any atom is 0.251 e. The van der Waals surface area contributed by atoms with Crippen LogP contribution in [0.2, 0.25) is 0 Å². The van der Waals surface area contributed by atoms with Crippen molar-refractivity contribution in [3.63, 3.8) is 0 Å². The Morgan fingerprint density at radius 3 is 2.65 bits per heavy atom. The maximum absolute atomic E-state index is 12.1. The van der Waals surface area contributed by atoms with Crippen molar-refractivity contribution in [2.45, 2.75) is 27.0 Å². The van der Waals surface area contributed by atoms with Gasteiger partial charge in [0.25, 0.3) is 5.91 Å². The number of pyridine rings is 1. The molecule has 4 nitrogen and oxygen atoms in total. The Kier molecular flexibility index (Phi) is 3.59. The number of nitrogens with one attached hydrogen (secondary N) is 1. The zero-order chi connectivity index (χ0) is 19.9. The lowest BCUT2D eigenvalue weighted by atomic mass is 9.98. The van der Waals surface area contributed by atoms with E-state index in [1.165, 1.54) is 6.20 Å². The number of amides is 1. The lowest BCUT2D eigenvalue weighted by Gasteiger charge is -2.14. The quantitative estimate of drug-likeness (QED) is 0.771. The largest absolute Gasteiger partial charge is 0.488 e. The second-order valence-electron chi connectivity index (χ2n) is 6.45. The number of rotatable bonds is 4. The van der Waals surface area contributed by atoms with Crippen LogP contribution in [0.4, 0.5) is 0 Å². The first-order valence-electron chi connectivity index (χ1n) is 9.48. The van der Waals surface area contributed by atoms with Gasteiger partial charge in [0, 0.05) is 35.1 Å². The van der Waals surface area contributed by atoms with Gasteiger partial charge in [-0.3, -0.25) is 9.78 Å². The third-order valence-electron chi connectivity index (χ3n) is 4.44. The summed E-state index contributed by atoms with van der Waals surface area (Å²) in [7, 11) is 0. The van der Waals surface area contributed by atoms with Crippen LogP contribution in [0.3, 0.4) is 0 Å². The first kappa shape index (κ1) is 14.1. The first-order valence-corrected chi connectivity index (χ1v) is 8.48. The van der Waals surface area contributed by atoms with Crippen molar-refractivity contribution >= 4 is 5.91 Å². The van der Waals surface area contributed by atoms with Crippen molar-refractivity contribution in [2.24, 2.45) is 0 Å². The van der Waals surface area contributed by atoms with Gasteiger partial charge in [-0.1, -0.05) is 35.9 Å². The molecule has 1 aliphatic heterocycles. The minimum atomic E-state index is -2.07. The fourth-order valence-electron chi connectivity index (χ4n) is 2.94. The average molecular weight is 346 g/mol. The minimum Gasteiger partial charge on any atom is -0.488 e. The van der Waals surface area contributed by atoms with Crippen LogP contribution in [0.5, 0.6) is 5.75 Å². The van der Waals surface area contributed by atoms with Gasteiger partial charge in [-0.25, -0.2) is 0 Å². The van der Waals surface area contributed by atoms with Gasteiger partial charge in [0.15, 0.2) is 0 Å². The molecule has 0 bridgehead atoms. The van der Waals surface area contributed by atoms with Crippen molar-refractivity contribution in [1.82, 2.24) is 10.3 Å². The second kappa shape index (κ2) is 6.64. The Hall–Kier alpha value is -3.14. The monoisotopic (exact) mass is 346 g/mol. The van der Waals surface area contributed by atoms with Gasteiger partial charge in [0.2, 0.25) is 0 Å². The zero-order valence-corrected chi connectivity index (χ0v) is 14.7. The van der Waals surface area contributed by atoms with Crippen molar-refractivity contribution in [3.8, 4) is 16.9 Å². The molecular weight excluding hydrogens is 324 g/mol. The number of aryl methyl sites for hydroxylation is 2. The van der Waals surface area contributed by atoms with E-state index < -0.39 is 6.56 Å². The highest BCUT2D eigenvalue weighted by Crippen LogP contribution is 2.35. The SMILES string of the molecule is [2H]C([2H])(Oc1cc2c(cc1-c1ccc(C)cc1)C(=O)NC2)c1ccc(C)nc1. The van der Waals surface area contributed by atoms with Crippen molar-refractivity contribution in [1.29, 1.82) is 0 Å². The minimum absolute atomic E-state index is 0.124. The summed E-state index contributed by atoms with van der Waals surface area (Å²) < 4.78 is 22.7. The third-order valence-corrected chi connectivity index (χ3v) is 4.44. The Morgan fingerprint density at radius 1 is 1.12 bits per heavy atom. The summed E-state index contributed by atoms with van der Waals surface area (Å²) in [6.45, 7) is 2.19. The van der Waals surface area contributed by atoms with Gasteiger partial charge in [-0.15, -0.1) is 0 Å². The van der Waals surface area contributed by atoms with E-state index in [-0.39, 0.29) is 5.91 Å². The number of hydrogen-bond acceptors (Lipinski definition) is 3. The van der Waals surface area contributed by atoms with Crippen LogP contribution >= 0.6 is 0 Å². The molecule has 0 spiro atoms. The summed E-state index contributed by atoms with van der Waals surface area (Å²) in [4.78, 5) is 16.3. The molecule has 1 aliphatic rings. The molecule has 26 heavy (non-hydrogen) atoms. The van der Waals surface area contributed by atoms with Crippen LogP contribution in [0.1, 0.15) is 35.5 Å². The topological polar surface area (TPSA) is 51.2 Å². The fraction of sp³-hybridized carbons (Fsp3) is 0.182. The van der Waals surface area contributed by atoms with Crippen LogP contribution < -0.4 is 10.1 Å². The number of fused-ring (bicyclic) bond motifs is 1. The standard InChI is InChI=1S/C22H20N2O2/c1-14-3-7-17(8-4-14)19-10-20-18(12-24-22(20)25)9-21(19)26-13-16-6-5-15(2)23-11-16/h3-11H,12-13H2,1-2H3,(H,24,25)/i13D2. The molecule has 2 aromatic carbocycles. The molecule has 1 N–H and O–H groups in total. The molecule has 3 aromatic rings. The summed E-state index contributed by atoms with van der Waals surface area (Å²) in [5.41, 5.74) is 5.20. The molecular formula is C22H20N2O2. The van der Waals surface area contributed by atoms with E-state index in [4.69, 9.17) is 7.48 Å². The molecule has 0 aliphatic carbocycles. The maximum atomic E-state index is 12.1. The molecule has 0 saturated carbocycles. The van der Waals surface area contributed by atoms with E-state index in [0.717, 1.165) is 22.4 Å². The van der Waals surface area contributed by atoms with Gasteiger partial charge in [0.1, 0.15) is 12.3 Å². The summed E-state index contributed by atoms with van der Waals surface area (Å²) in [6.07, 6.45) is 1.49. The number of benzene rings is 2. The van der Waals surface area contributed by atoms with Gasteiger partial charge in [-0.2, -0.15) is 0 Å². The average Bonchev–Trinajstić information content (AvgIpc) is 3.02. The summed E-state index contributed by atoms with van der Waals surface area (Å²) in [5.74, 6) is 0.269. The normalized spacial score (nSPS) is 14.3. The Balaban J connectivity index is 1.80. The molecule has 1 aromatic heterocycles. The van der Waals surface area contributed by atoms with Crippen LogP contribution in [0, 0.1) is 13.8 Å². The summed E-state index contributed by atoms with van der Waals surface area (Å²) in [6, 6.07) is 14.8. The smallest absolute Gasteiger partial charge is 0.251 e. The molecule has 0 atom stereocenters. The molecule has 2 heterocycles. The van der Waals surface area contributed by atoms with E-state index in [1.807, 2.05) is 38.1 Å². The predicted molar refractivity (Wildman–Crippen MR) is 101 cm³/mol. The van der Waals surface area contributed by atoms with Crippen molar-refractivity contribution < 1.29 is 12.3 Å². The number of aromatic nitrogens is 1.